The number of likely N-dealkylation sites (N-methyl/N-ethyl adjacent to an activating group) is 1. The molecule has 3 heteroatoms. The fraction of sp³-hybridized carbons (Fsp3) is 0.571. The number of rotatable bonds is 5. The van der Waals surface area contributed by atoms with Crippen molar-refractivity contribution in [2.45, 2.75) is 39.8 Å². The fourth-order valence-electron chi connectivity index (χ4n) is 2.36. The first-order chi connectivity index (χ1) is 8.01. The molecule has 0 bridgehead atoms. The monoisotopic (exact) mass is 238 g/mol. The number of benzene rings is 1. The third kappa shape index (κ3) is 3.27. The Bertz CT molecular complexity index is 363. The van der Waals surface area contributed by atoms with Crippen molar-refractivity contribution >= 4 is 0 Å². The quantitative estimate of drug-likeness (QED) is 0.854. The molecule has 0 amide bonds. The van der Waals surface area contributed by atoms with Crippen LogP contribution < -0.4 is 5.73 Å². The summed E-state index contributed by atoms with van der Waals surface area (Å²) in [7, 11) is 0. The maximum Gasteiger partial charge on any atom is 0.123 e. The van der Waals surface area contributed by atoms with Gasteiger partial charge in [0.05, 0.1) is 0 Å². The Morgan fingerprint density at radius 2 is 2.00 bits per heavy atom. The molecular formula is C14H23FN2. The highest BCUT2D eigenvalue weighted by atomic mass is 19.1. The predicted molar refractivity (Wildman–Crippen MR) is 70.4 cm³/mol. The Morgan fingerprint density at radius 3 is 2.47 bits per heavy atom. The molecule has 0 aromatic heterocycles. The van der Waals surface area contributed by atoms with Crippen LogP contribution in [0.15, 0.2) is 18.2 Å². The van der Waals surface area contributed by atoms with Gasteiger partial charge >= 0.3 is 0 Å². The van der Waals surface area contributed by atoms with Crippen LogP contribution in [-0.4, -0.2) is 24.0 Å². The van der Waals surface area contributed by atoms with Gasteiger partial charge in [0, 0.05) is 18.6 Å². The van der Waals surface area contributed by atoms with Crippen molar-refractivity contribution in [3.8, 4) is 0 Å². The molecule has 1 aromatic rings. The molecule has 0 aliphatic rings. The van der Waals surface area contributed by atoms with Gasteiger partial charge in [-0.05, 0) is 50.6 Å². The van der Waals surface area contributed by atoms with Crippen molar-refractivity contribution in [3.63, 3.8) is 0 Å². The van der Waals surface area contributed by atoms with Gasteiger partial charge in [-0.1, -0.05) is 13.0 Å². The Balaban J connectivity index is 3.11. The minimum absolute atomic E-state index is 0.0932. The molecule has 0 aliphatic heterocycles. The standard InChI is InChI=1S/C14H23FN2/c1-5-17(10(2)3)14(9-16)13-8-12(15)7-6-11(13)4/h6-8,10,14H,5,9,16H2,1-4H3. The second kappa shape index (κ2) is 6.12. The molecule has 96 valence electrons. The summed E-state index contributed by atoms with van der Waals surface area (Å²) in [5, 5.41) is 0. The van der Waals surface area contributed by atoms with Crippen LogP contribution in [-0.2, 0) is 0 Å². The zero-order chi connectivity index (χ0) is 13.0. The van der Waals surface area contributed by atoms with Crippen LogP contribution in [0.4, 0.5) is 4.39 Å². The number of aryl methyl sites for hydroxylation is 1. The number of nitrogens with two attached hydrogens (primary N) is 1. The van der Waals surface area contributed by atoms with E-state index in [1.165, 1.54) is 6.07 Å². The first-order valence-corrected chi connectivity index (χ1v) is 6.23. The van der Waals surface area contributed by atoms with E-state index in [1.54, 1.807) is 6.07 Å². The maximum absolute atomic E-state index is 13.4. The van der Waals surface area contributed by atoms with Gasteiger partial charge in [-0.25, -0.2) is 4.39 Å². The third-order valence-corrected chi connectivity index (χ3v) is 3.25. The second-order valence-electron chi connectivity index (χ2n) is 4.68. The summed E-state index contributed by atoms with van der Waals surface area (Å²) in [4.78, 5) is 2.29. The predicted octanol–water partition coefficient (Wildman–Crippen LogP) is 2.86. The van der Waals surface area contributed by atoms with Gasteiger partial charge in [0.2, 0.25) is 0 Å². The van der Waals surface area contributed by atoms with E-state index in [0.29, 0.717) is 12.6 Å². The lowest BCUT2D eigenvalue weighted by molar-refractivity contribution is 0.166. The summed E-state index contributed by atoms with van der Waals surface area (Å²) < 4.78 is 13.4. The van der Waals surface area contributed by atoms with Gasteiger partial charge in [0.25, 0.3) is 0 Å². The molecule has 0 radical (unpaired) electrons. The average Bonchev–Trinajstić information content (AvgIpc) is 2.28. The van der Waals surface area contributed by atoms with Crippen molar-refractivity contribution in [1.29, 1.82) is 0 Å². The van der Waals surface area contributed by atoms with E-state index in [2.05, 4.69) is 25.7 Å². The molecule has 1 atom stereocenters. The topological polar surface area (TPSA) is 29.3 Å². The van der Waals surface area contributed by atoms with Crippen LogP contribution >= 0.6 is 0 Å². The summed E-state index contributed by atoms with van der Waals surface area (Å²) in [6, 6.07) is 5.42. The zero-order valence-electron chi connectivity index (χ0n) is 11.2. The lowest BCUT2D eigenvalue weighted by Crippen LogP contribution is -2.38. The van der Waals surface area contributed by atoms with E-state index in [4.69, 9.17) is 5.73 Å². The van der Waals surface area contributed by atoms with Crippen LogP contribution in [0.5, 0.6) is 0 Å². The molecule has 1 unspecified atom stereocenters. The van der Waals surface area contributed by atoms with E-state index >= 15 is 0 Å². The van der Waals surface area contributed by atoms with Gasteiger partial charge in [-0.15, -0.1) is 0 Å². The molecular weight excluding hydrogens is 215 g/mol. The van der Waals surface area contributed by atoms with E-state index < -0.39 is 0 Å². The molecule has 2 nitrogen and oxygen atoms in total. The summed E-state index contributed by atoms with van der Waals surface area (Å²) in [6.45, 7) is 9.82. The zero-order valence-corrected chi connectivity index (χ0v) is 11.2. The Labute approximate surface area is 104 Å². The minimum Gasteiger partial charge on any atom is -0.329 e. The van der Waals surface area contributed by atoms with Crippen LogP contribution in [0, 0.1) is 12.7 Å². The normalized spacial score (nSPS) is 13.4. The maximum atomic E-state index is 13.4. The molecule has 1 aromatic carbocycles. The SMILES string of the molecule is CCN(C(C)C)C(CN)c1cc(F)ccc1C. The molecule has 2 N–H and O–H groups in total. The third-order valence-electron chi connectivity index (χ3n) is 3.25. The molecule has 0 aliphatic carbocycles. The molecule has 0 fully saturated rings. The first-order valence-electron chi connectivity index (χ1n) is 6.23. The minimum atomic E-state index is -0.191. The summed E-state index contributed by atoms with van der Waals surface area (Å²) in [5.41, 5.74) is 7.97. The molecule has 0 saturated heterocycles. The van der Waals surface area contributed by atoms with Gasteiger partial charge < -0.3 is 5.73 Å². The fourth-order valence-corrected chi connectivity index (χ4v) is 2.36. The Hall–Kier alpha value is -0.930. The highest BCUT2D eigenvalue weighted by molar-refractivity contribution is 5.30. The lowest BCUT2D eigenvalue weighted by atomic mass is 9.98. The molecule has 0 heterocycles. The van der Waals surface area contributed by atoms with E-state index in [1.807, 2.05) is 13.0 Å². The summed E-state index contributed by atoms with van der Waals surface area (Å²) in [6.07, 6.45) is 0. The van der Waals surface area contributed by atoms with Crippen LogP contribution in [0.1, 0.15) is 37.9 Å². The van der Waals surface area contributed by atoms with Crippen LogP contribution in [0.25, 0.3) is 0 Å². The first kappa shape index (κ1) is 14.1. The number of nitrogens with zero attached hydrogens (tertiary/aromatic N) is 1. The van der Waals surface area contributed by atoms with Crippen LogP contribution in [0.3, 0.4) is 0 Å². The summed E-state index contributed by atoms with van der Waals surface area (Å²) in [5.74, 6) is -0.191. The largest absolute Gasteiger partial charge is 0.329 e. The number of hydrogen-bond donors (Lipinski definition) is 1. The van der Waals surface area contributed by atoms with Crippen molar-refractivity contribution in [3.05, 3.63) is 35.1 Å². The van der Waals surface area contributed by atoms with E-state index in [-0.39, 0.29) is 11.9 Å². The number of hydrogen-bond acceptors (Lipinski definition) is 2. The van der Waals surface area contributed by atoms with Crippen molar-refractivity contribution < 1.29 is 4.39 Å². The molecule has 17 heavy (non-hydrogen) atoms. The van der Waals surface area contributed by atoms with E-state index in [9.17, 15) is 4.39 Å². The average molecular weight is 238 g/mol. The second-order valence-corrected chi connectivity index (χ2v) is 4.68. The highest BCUT2D eigenvalue weighted by Gasteiger charge is 2.21. The molecule has 0 saturated carbocycles. The van der Waals surface area contributed by atoms with Crippen molar-refractivity contribution in [2.75, 3.05) is 13.1 Å². The van der Waals surface area contributed by atoms with Gasteiger partial charge in [-0.2, -0.15) is 0 Å². The highest BCUT2D eigenvalue weighted by Crippen LogP contribution is 2.25. The van der Waals surface area contributed by atoms with Gasteiger partial charge in [0.1, 0.15) is 5.82 Å². The smallest absolute Gasteiger partial charge is 0.123 e. The lowest BCUT2D eigenvalue weighted by Gasteiger charge is -2.34. The summed E-state index contributed by atoms with van der Waals surface area (Å²) >= 11 is 0. The Morgan fingerprint density at radius 1 is 1.35 bits per heavy atom. The van der Waals surface area contributed by atoms with Gasteiger partial charge in [0.15, 0.2) is 0 Å². The molecule has 0 spiro atoms. The Kier molecular flexibility index (Phi) is 5.09. The molecule has 1 rings (SSSR count). The van der Waals surface area contributed by atoms with Gasteiger partial charge in [-0.3, -0.25) is 4.90 Å². The van der Waals surface area contributed by atoms with E-state index in [0.717, 1.165) is 17.7 Å². The van der Waals surface area contributed by atoms with Crippen molar-refractivity contribution in [1.82, 2.24) is 4.90 Å². The van der Waals surface area contributed by atoms with Crippen molar-refractivity contribution in [2.24, 2.45) is 5.73 Å². The van der Waals surface area contributed by atoms with Crippen LogP contribution in [0.2, 0.25) is 0 Å². The number of halogens is 1.